The first kappa shape index (κ1) is 4.82. The van der Waals surface area contributed by atoms with Crippen molar-refractivity contribution in [2.24, 2.45) is 0 Å². The van der Waals surface area contributed by atoms with Crippen molar-refractivity contribution in [3.05, 3.63) is 0 Å². The Morgan fingerprint density at radius 1 is 2.00 bits per heavy atom. The molecule has 0 heterocycles. The fourth-order valence-electron chi connectivity index (χ4n) is 0.0340. The van der Waals surface area contributed by atoms with E-state index in [1.165, 1.54) is 6.47 Å². The summed E-state index contributed by atoms with van der Waals surface area (Å²) >= 11 is 0.978. The van der Waals surface area contributed by atoms with Crippen molar-refractivity contribution >= 4 is 18.5 Å². The SMILES string of the molecule is CSO[C]=O. The van der Waals surface area contributed by atoms with Gasteiger partial charge in [-0.2, -0.15) is 0 Å². The van der Waals surface area contributed by atoms with E-state index < -0.39 is 0 Å². The van der Waals surface area contributed by atoms with Crippen LogP contribution in [0.25, 0.3) is 0 Å². The average molecular weight is 91.1 g/mol. The Morgan fingerprint density at radius 3 is 2.60 bits per heavy atom. The summed E-state index contributed by atoms with van der Waals surface area (Å²) < 4.78 is 3.94. The number of hydrogen-bond acceptors (Lipinski definition) is 3. The molecule has 0 amide bonds. The minimum absolute atomic E-state index is 0.978. The standard InChI is InChI=1S/C2H3O2S/c1-5-4-2-3/h1H3. The maximum absolute atomic E-state index is 9.04. The highest BCUT2D eigenvalue weighted by Gasteiger charge is 1.66. The second kappa shape index (κ2) is 3.82. The normalized spacial score (nSPS) is 6.60. The molecule has 0 rings (SSSR count). The Kier molecular flexibility index (Phi) is 3.68. The molecule has 0 saturated heterocycles. The number of hydrogen-bond donors (Lipinski definition) is 0. The Bertz CT molecular complexity index is 28.8. The second-order valence-electron chi connectivity index (χ2n) is 0.333. The van der Waals surface area contributed by atoms with Gasteiger partial charge in [-0.05, 0) is 0 Å². The van der Waals surface area contributed by atoms with Gasteiger partial charge in [-0.25, -0.2) is 4.79 Å². The van der Waals surface area contributed by atoms with E-state index in [-0.39, 0.29) is 0 Å². The zero-order valence-corrected chi connectivity index (χ0v) is 3.54. The number of carbonyl (C=O) groups excluding carboxylic acids is 1. The van der Waals surface area contributed by atoms with Crippen molar-refractivity contribution in [2.75, 3.05) is 6.26 Å². The zero-order valence-electron chi connectivity index (χ0n) is 2.72. The smallest absolute Gasteiger partial charge is 0.383 e. The van der Waals surface area contributed by atoms with Crippen LogP contribution < -0.4 is 0 Å². The highest BCUT2D eigenvalue weighted by Crippen LogP contribution is 1.86. The van der Waals surface area contributed by atoms with Gasteiger partial charge in [0.15, 0.2) is 0 Å². The van der Waals surface area contributed by atoms with Gasteiger partial charge >= 0.3 is 6.47 Å². The zero-order chi connectivity index (χ0) is 4.12. The van der Waals surface area contributed by atoms with Crippen molar-refractivity contribution in [2.45, 2.75) is 0 Å². The van der Waals surface area contributed by atoms with E-state index in [9.17, 15) is 0 Å². The molecule has 0 bridgehead atoms. The van der Waals surface area contributed by atoms with E-state index in [0.29, 0.717) is 0 Å². The van der Waals surface area contributed by atoms with Crippen LogP contribution >= 0.6 is 12.0 Å². The largest absolute Gasteiger partial charge is 0.430 e. The third kappa shape index (κ3) is 3.82. The quantitative estimate of drug-likeness (QED) is 0.458. The van der Waals surface area contributed by atoms with Crippen molar-refractivity contribution in [3.8, 4) is 0 Å². The summed E-state index contributed by atoms with van der Waals surface area (Å²) in [5, 5.41) is 0. The fourth-order valence-corrected chi connectivity index (χ4v) is 0.102. The molecule has 0 N–H and O–H groups in total. The van der Waals surface area contributed by atoms with Gasteiger partial charge in [0.05, 0.1) is 12.0 Å². The molecule has 3 heteroatoms. The molecule has 0 saturated carbocycles. The molecule has 0 aromatic carbocycles. The summed E-state index contributed by atoms with van der Waals surface area (Å²) in [5.74, 6) is 0. The van der Waals surface area contributed by atoms with Gasteiger partial charge in [-0.15, -0.1) is 0 Å². The first-order chi connectivity index (χ1) is 2.41. The van der Waals surface area contributed by atoms with Crippen LogP contribution in [0.1, 0.15) is 0 Å². The minimum Gasteiger partial charge on any atom is -0.383 e. The molecule has 0 aliphatic heterocycles. The topological polar surface area (TPSA) is 26.3 Å². The van der Waals surface area contributed by atoms with E-state index in [0.717, 1.165) is 12.0 Å². The van der Waals surface area contributed by atoms with E-state index in [1.807, 2.05) is 0 Å². The summed E-state index contributed by atoms with van der Waals surface area (Å²) in [4.78, 5) is 9.04. The van der Waals surface area contributed by atoms with Gasteiger partial charge in [0.1, 0.15) is 0 Å². The van der Waals surface area contributed by atoms with Crippen molar-refractivity contribution in [3.63, 3.8) is 0 Å². The average Bonchev–Trinajstić information content (AvgIpc) is 1.41. The molecule has 0 aromatic rings. The molecule has 2 nitrogen and oxygen atoms in total. The third-order valence-electron chi connectivity index (χ3n) is 0.117. The Labute approximate surface area is 34.7 Å². The highest BCUT2D eigenvalue weighted by molar-refractivity contribution is 7.94. The third-order valence-corrected chi connectivity index (χ3v) is 0.352. The Balaban J connectivity index is 2.40. The molecular weight excluding hydrogens is 88.1 g/mol. The lowest BCUT2D eigenvalue weighted by Crippen LogP contribution is -1.65. The van der Waals surface area contributed by atoms with E-state index in [2.05, 4.69) is 4.18 Å². The molecule has 0 aliphatic rings. The molecule has 29 valence electrons. The van der Waals surface area contributed by atoms with Gasteiger partial charge < -0.3 is 4.18 Å². The van der Waals surface area contributed by atoms with E-state index in [1.54, 1.807) is 6.26 Å². The minimum atomic E-state index is 0.978. The lowest BCUT2D eigenvalue weighted by molar-refractivity contribution is 0.476. The summed E-state index contributed by atoms with van der Waals surface area (Å²) in [6.45, 7) is 1.23. The number of rotatable bonds is 2. The molecule has 0 unspecified atom stereocenters. The Hall–Kier alpha value is -0.180. The van der Waals surface area contributed by atoms with Gasteiger partial charge in [0.25, 0.3) is 0 Å². The van der Waals surface area contributed by atoms with Crippen LogP contribution in [0.3, 0.4) is 0 Å². The maximum Gasteiger partial charge on any atom is 0.430 e. The predicted octanol–water partition coefficient (Wildman–Crippen LogP) is 0.348. The summed E-state index contributed by atoms with van der Waals surface area (Å²) in [5.41, 5.74) is 0. The monoisotopic (exact) mass is 91.0 g/mol. The van der Waals surface area contributed by atoms with Crippen molar-refractivity contribution < 1.29 is 8.98 Å². The van der Waals surface area contributed by atoms with Crippen molar-refractivity contribution in [1.82, 2.24) is 0 Å². The summed E-state index contributed by atoms with van der Waals surface area (Å²) in [6.07, 6.45) is 1.64. The van der Waals surface area contributed by atoms with Gasteiger partial charge in [-0.1, -0.05) is 0 Å². The first-order valence-electron chi connectivity index (χ1n) is 0.983. The van der Waals surface area contributed by atoms with Crippen LogP contribution in [0, 0.1) is 0 Å². The van der Waals surface area contributed by atoms with E-state index in [4.69, 9.17) is 4.79 Å². The second-order valence-corrected chi connectivity index (χ2v) is 0.833. The summed E-state index contributed by atoms with van der Waals surface area (Å²) in [6, 6.07) is 0. The van der Waals surface area contributed by atoms with Crippen LogP contribution in [0.2, 0.25) is 0 Å². The molecule has 1 radical (unpaired) electrons. The molecule has 0 fully saturated rings. The van der Waals surface area contributed by atoms with Gasteiger partial charge in [-0.3, -0.25) is 0 Å². The summed E-state index contributed by atoms with van der Waals surface area (Å²) in [7, 11) is 0. The molecule has 0 aliphatic carbocycles. The van der Waals surface area contributed by atoms with Crippen LogP contribution in [0.4, 0.5) is 0 Å². The van der Waals surface area contributed by atoms with Crippen LogP contribution in [-0.2, 0) is 8.98 Å². The molecule has 0 spiro atoms. The molecule has 0 atom stereocenters. The van der Waals surface area contributed by atoms with Gasteiger partial charge in [0.2, 0.25) is 0 Å². The van der Waals surface area contributed by atoms with Crippen LogP contribution in [0.15, 0.2) is 0 Å². The van der Waals surface area contributed by atoms with E-state index >= 15 is 0 Å². The lowest BCUT2D eigenvalue weighted by Gasteiger charge is -1.74. The lowest BCUT2D eigenvalue weighted by atomic mass is 11.7. The van der Waals surface area contributed by atoms with Crippen LogP contribution in [-0.4, -0.2) is 12.7 Å². The maximum atomic E-state index is 9.04. The highest BCUT2D eigenvalue weighted by atomic mass is 32.2. The fraction of sp³-hybridized carbons (Fsp3) is 0.500. The van der Waals surface area contributed by atoms with Gasteiger partial charge in [0, 0.05) is 6.26 Å². The Morgan fingerprint density at radius 2 is 2.60 bits per heavy atom. The van der Waals surface area contributed by atoms with Crippen molar-refractivity contribution in [1.29, 1.82) is 0 Å². The molecule has 0 aromatic heterocycles. The van der Waals surface area contributed by atoms with Crippen LogP contribution in [0.5, 0.6) is 0 Å². The molecule has 5 heavy (non-hydrogen) atoms. The molecular formula is C2H3O2S. The predicted molar refractivity (Wildman–Crippen MR) is 20.3 cm³/mol. The first-order valence-corrected chi connectivity index (χ1v) is 2.13.